The Morgan fingerprint density at radius 3 is 2.50 bits per heavy atom. The normalized spacial score (nSPS) is 13.0. The van der Waals surface area contributed by atoms with Crippen molar-refractivity contribution in [1.82, 2.24) is 18.9 Å². The second kappa shape index (κ2) is 9.30. The second-order valence-electron chi connectivity index (χ2n) is 9.61. The van der Waals surface area contributed by atoms with Gasteiger partial charge in [-0.3, -0.25) is 4.79 Å². The van der Waals surface area contributed by atoms with Crippen LogP contribution in [0.25, 0.3) is 22.4 Å². The fourth-order valence-corrected chi connectivity index (χ4v) is 5.06. The van der Waals surface area contributed by atoms with E-state index in [9.17, 15) is 22.7 Å². The molecule has 0 aliphatic rings. The first-order valence-electron chi connectivity index (χ1n) is 11.2. The van der Waals surface area contributed by atoms with E-state index in [-0.39, 0.29) is 33.7 Å². The molecule has 11 heteroatoms. The Balaban J connectivity index is 1.83. The molecule has 1 aromatic carbocycles. The van der Waals surface area contributed by atoms with Crippen LogP contribution in [0.15, 0.2) is 59.9 Å². The molecule has 3 aromatic heterocycles. The molecule has 0 aliphatic carbocycles. The minimum Gasteiger partial charge on any atom is -0.481 e. The molecular weight excluding hydrogens is 485 g/mol. The fraction of sp³-hybridized carbons (Fsp3) is 0.280. The second-order valence-corrected chi connectivity index (χ2v) is 11.4. The number of aliphatic carboxylic acids is 1. The van der Waals surface area contributed by atoms with Gasteiger partial charge >= 0.3 is 5.97 Å². The van der Waals surface area contributed by atoms with E-state index in [1.165, 1.54) is 30.6 Å². The third-order valence-corrected chi connectivity index (χ3v) is 7.46. The molecule has 0 saturated carbocycles. The molecule has 36 heavy (non-hydrogen) atoms. The number of nitrogens with zero attached hydrogens (tertiary/aromatic N) is 4. The first-order chi connectivity index (χ1) is 16.9. The number of nitrogens with one attached hydrogen (secondary N) is 1. The third-order valence-electron chi connectivity index (χ3n) is 5.80. The van der Waals surface area contributed by atoms with Gasteiger partial charge in [0, 0.05) is 29.4 Å². The molecular formula is C25H26FN5O4S. The van der Waals surface area contributed by atoms with Crippen LogP contribution in [-0.2, 0) is 14.8 Å². The van der Waals surface area contributed by atoms with E-state index < -0.39 is 33.3 Å². The minimum atomic E-state index is -4.05. The summed E-state index contributed by atoms with van der Waals surface area (Å²) in [5.41, 5.74) is 0.810. The molecule has 0 amide bonds. The molecule has 4 aromatic rings. The van der Waals surface area contributed by atoms with Gasteiger partial charge in [0.25, 0.3) is 10.0 Å². The summed E-state index contributed by atoms with van der Waals surface area (Å²) in [5, 5.41) is 12.7. The summed E-state index contributed by atoms with van der Waals surface area (Å²) in [6.07, 6.45) is 3.61. The van der Waals surface area contributed by atoms with E-state index in [4.69, 9.17) is 0 Å². The number of benzene rings is 1. The van der Waals surface area contributed by atoms with Crippen molar-refractivity contribution < 1.29 is 22.7 Å². The van der Waals surface area contributed by atoms with E-state index in [0.29, 0.717) is 5.82 Å². The Morgan fingerprint density at radius 2 is 1.86 bits per heavy atom. The Morgan fingerprint density at radius 1 is 1.17 bits per heavy atom. The van der Waals surface area contributed by atoms with Gasteiger partial charge in [-0.05, 0) is 36.6 Å². The van der Waals surface area contributed by atoms with E-state index in [0.717, 1.165) is 15.7 Å². The maximum atomic E-state index is 14.2. The Kier molecular flexibility index (Phi) is 6.52. The fourth-order valence-electron chi connectivity index (χ4n) is 3.73. The number of hydrogen-bond acceptors (Lipinski definition) is 7. The molecule has 2 N–H and O–H groups in total. The predicted octanol–water partition coefficient (Wildman–Crippen LogP) is 4.48. The standard InChI is InChI=1S/C25H26FN5O4S/c1-15-5-7-17(8-6-15)36(34,35)31-14-19(18-11-16(26)13-28-24(18)31)23-27-10-9-21(30-23)29-20(12-22(32)33)25(2,3)4/h5-11,13-14,20H,12H2,1-4H3,(H,32,33)(H,27,29,30). The summed E-state index contributed by atoms with van der Waals surface area (Å²) in [6, 6.07) is 8.70. The Hall–Kier alpha value is -3.86. The summed E-state index contributed by atoms with van der Waals surface area (Å²) in [4.78, 5) is 24.2. The number of hydrogen-bond donors (Lipinski definition) is 2. The van der Waals surface area contributed by atoms with E-state index in [1.54, 1.807) is 18.2 Å². The molecule has 0 spiro atoms. The molecule has 0 saturated heterocycles. The maximum Gasteiger partial charge on any atom is 0.305 e. The monoisotopic (exact) mass is 511 g/mol. The highest BCUT2D eigenvalue weighted by Crippen LogP contribution is 2.32. The number of aryl methyl sites for hydroxylation is 1. The van der Waals surface area contributed by atoms with Crippen LogP contribution in [0, 0.1) is 18.2 Å². The van der Waals surface area contributed by atoms with Crippen LogP contribution in [0.3, 0.4) is 0 Å². The van der Waals surface area contributed by atoms with Crippen molar-refractivity contribution in [2.24, 2.45) is 5.41 Å². The van der Waals surface area contributed by atoms with Gasteiger partial charge in [-0.2, -0.15) is 0 Å². The van der Waals surface area contributed by atoms with Crippen LogP contribution in [0.2, 0.25) is 0 Å². The van der Waals surface area contributed by atoms with Crippen molar-refractivity contribution in [1.29, 1.82) is 0 Å². The van der Waals surface area contributed by atoms with Crippen molar-refractivity contribution >= 4 is 32.8 Å². The average Bonchev–Trinajstić information content (AvgIpc) is 3.18. The summed E-state index contributed by atoms with van der Waals surface area (Å²) >= 11 is 0. The maximum absolute atomic E-state index is 14.2. The molecule has 4 rings (SSSR count). The summed E-state index contributed by atoms with van der Waals surface area (Å²) in [7, 11) is -4.05. The zero-order chi connectivity index (χ0) is 26.3. The minimum absolute atomic E-state index is 0.0346. The number of fused-ring (bicyclic) bond motifs is 1. The quantitative estimate of drug-likeness (QED) is 0.372. The molecule has 3 heterocycles. The smallest absolute Gasteiger partial charge is 0.305 e. The third kappa shape index (κ3) is 5.06. The lowest BCUT2D eigenvalue weighted by atomic mass is 9.85. The van der Waals surface area contributed by atoms with Crippen molar-refractivity contribution in [3.63, 3.8) is 0 Å². The topological polar surface area (TPSA) is 127 Å². The predicted molar refractivity (Wildman–Crippen MR) is 134 cm³/mol. The lowest BCUT2D eigenvalue weighted by Gasteiger charge is -2.30. The Labute approximate surface area is 208 Å². The van der Waals surface area contributed by atoms with E-state index >= 15 is 0 Å². The highest BCUT2D eigenvalue weighted by molar-refractivity contribution is 7.90. The number of halogens is 1. The first kappa shape index (κ1) is 25.2. The van der Waals surface area contributed by atoms with Crippen LogP contribution in [-0.4, -0.2) is 44.5 Å². The van der Waals surface area contributed by atoms with E-state index in [1.807, 2.05) is 27.7 Å². The lowest BCUT2D eigenvalue weighted by molar-refractivity contribution is -0.137. The highest BCUT2D eigenvalue weighted by atomic mass is 32.2. The number of carbonyl (C=O) groups is 1. The zero-order valence-electron chi connectivity index (χ0n) is 20.2. The molecule has 0 fully saturated rings. The van der Waals surface area contributed by atoms with Crippen LogP contribution < -0.4 is 5.32 Å². The lowest BCUT2D eigenvalue weighted by Crippen LogP contribution is -2.36. The number of carboxylic acids is 1. The van der Waals surface area contributed by atoms with Gasteiger partial charge in [0.05, 0.1) is 17.5 Å². The summed E-state index contributed by atoms with van der Waals surface area (Å²) < 4.78 is 42.0. The number of pyridine rings is 1. The van der Waals surface area contributed by atoms with Gasteiger partial charge < -0.3 is 10.4 Å². The van der Waals surface area contributed by atoms with Crippen molar-refractivity contribution in [2.45, 2.75) is 45.1 Å². The highest BCUT2D eigenvalue weighted by Gasteiger charge is 2.28. The van der Waals surface area contributed by atoms with Gasteiger partial charge in [-0.25, -0.2) is 31.7 Å². The SMILES string of the molecule is Cc1ccc(S(=O)(=O)n2cc(-c3nccc(NC(CC(=O)O)C(C)(C)C)n3)c3cc(F)cnc32)cc1. The van der Waals surface area contributed by atoms with Gasteiger partial charge in [0.15, 0.2) is 11.5 Å². The van der Waals surface area contributed by atoms with Crippen molar-refractivity contribution in [3.05, 3.63) is 66.4 Å². The summed E-state index contributed by atoms with van der Waals surface area (Å²) in [5.74, 6) is -1.11. The average molecular weight is 512 g/mol. The van der Waals surface area contributed by atoms with Gasteiger partial charge in [-0.15, -0.1) is 0 Å². The first-order valence-corrected chi connectivity index (χ1v) is 12.6. The van der Waals surface area contributed by atoms with Crippen molar-refractivity contribution in [3.8, 4) is 11.4 Å². The molecule has 0 aliphatic heterocycles. The molecule has 188 valence electrons. The van der Waals surface area contributed by atoms with Crippen LogP contribution in [0.4, 0.5) is 10.2 Å². The van der Waals surface area contributed by atoms with Gasteiger partial charge in [0.1, 0.15) is 11.6 Å². The zero-order valence-corrected chi connectivity index (χ0v) is 21.0. The number of anilines is 1. The van der Waals surface area contributed by atoms with Crippen LogP contribution in [0.5, 0.6) is 0 Å². The van der Waals surface area contributed by atoms with Crippen LogP contribution >= 0.6 is 0 Å². The van der Waals surface area contributed by atoms with Gasteiger partial charge in [0.2, 0.25) is 0 Å². The van der Waals surface area contributed by atoms with Gasteiger partial charge in [-0.1, -0.05) is 38.5 Å². The van der Waals surface area contributed by atoms with Crippen LogP contribution in [0.1, 0.15) is 32.8 Å². The largest absolute Gasteiger partial charge is 0.481 e. The molecule has 1 unspecified atom stereocenters. The molecule has 1 atom stereocenters. The molecule has 9 nitrogen and oxygen atoms in total. The number of aromatic nitrogens is 4. The number of rotatable bonds is 7. The van der Waals surface area contributed by atoms with E-state index in [2.05, 4.69) is 20.3 Å². The van der Waals surface area contributed by atoms with Crippen molar-refractivity contribution in [2.75, 3.05) is 5.32 Å². The molecule has 0 bridgehead atoms. The Bertz CT molecular complexity index is 1540. The number of carboxylic acid groups (broad SMARTS) is 1. The molecule has 0 radical (unpaired) electrons. The summed E-state index contributed by atoms with van der Waals surface area (Å²) in [6.45, 7) is 7.58.